The smallest absolute Gasteiger partial charge is 0.187 e. The maximum atomic E-state index is 6.30. The highest BCUT2D eigenvalue weighted by atomic mass is 32.1. The van der Waals surface area contributed by atoms with E-state index in [1.165, 1.54) is 16.0 Å². The van der Waals surface area contributed by atoms with Gasteiger partial charge in [0.2, 0.25) is 0 Å². The van der Waals surface area contributed by atoms with E-state index in [0.717, 1.165) is 39.3 Å². The van der Waals surface area contributed by atoms with Crippen LogP contribution in [0.25, 0.3) is 11.1 Å². The number of nitrogens with zero attached hydrogens (tertiary/aromatic N) is 2. The highest BCUT2D eigenvalue weighted by Crippen LogP contribution is 2.42. The number of hydrogen-bond donors (Lipinski definition) is 0. The Labute approximate surface area is 227 Å². The number of hydrogen-bond acceptors (Lipinski definition) is 10. The van der Waals surface area contributed by atoms with Gasteiger partial charge in [0.05, 0.1) is 13.2 Å². The molecule has 8 nitrogen and oxygen atoms in total. The fourth-order valence-corrected chi connectivity index (χ4v) is 7.23. The second-order valence-electron chi connectivity index (χ2n) is 11.2. The van der Waals surface area contributed by atoms with Crippen LogP contribution in [0.2, 0.25) is 0 Å². The Morgan fingerprint density at radius 2 is 1.70 bits per heavy atom. The lowest BCUT2D eigenvalue weighted by Gasteiger charge is -2.34. The van der Waals surface area contributed by atoms with Crippen molar-refractivity contribution in [1.29, 1.82) is 0 Å². The van der Waals surface area contributed by atoms with E-state index in [-0.39, 0.29) is 24.4 Å². The van der Waals surface area contributed by atoms with E-state index >= 15 is 0 Å². The average molecular weight is 551 g/mol. The van der Waals surface area contributed by atoms with Crippen LogP contribution in [0.3, 0.4) is 0 Å². The van der Waals surface area contributed by atoms with Crippen molar-refractivity contribution in [3.8, 4) is 11.1 Å². The molecular weight excluding hydrogens is 512 g/mol. The average Bonchev–Trinajstić information content (AvgIpc) is 3.65. The van der Waals surface area contributed by atoms with Crippen molar-refractivity contribution in [1.82, 2.24) is 9.80 Å². The molecule has 37 heavy (non-hydrogen) atoms. The van der Waals surface area contributed by atoms with Crippen LogP contribution in [-0.2, 0) is 35.0 Å². The Bertz CT molecular complexity index is 1040. The highest BCUT2D eigenvalue weighted by Gasteiger charge is 2.59. The molecular formula is C27H38N2O6S2. The fraction of sp³-hybridized carbons (Fsp3) is 0.704. The standard InChI is InChI=1S/C27H38N2O6S2/c1-26(2)31-15-21(33-26)22-23-24(35-27(3,4)34-23)25(32-22)30-11-10-28-6-8-29(9-7-28)14-20-13-19(17-37-20)18-5-12-36-16-18/h5,12-13,16-17,21-25H,6-11,14-15H2,1-4H3/t21?,22-,23+,24+,25+/m1/s1. The predicted molar refractivity (Wildman–Crippen MR) is 143 cm³/mol. The van der Waals surface area contributed by atoms with Gasteiger partial charge in [-0.1, -0.05) is 0 Å². The van der Waals surface area contributed by atoms with Gasteiger partial charge in [-0.05, 0) is 67.1 Å². The van der Waals surface area contributed by atoms with Crippen molar-refractivity contribution >= 4 is 22.7 Å². The summed E-state index contributed by atoms with van der Waals surface area (Å²) in [7, 11) is 0. The number of fused-ring (bicyclic) bond motifs is 1. The molecule has 10 heteroatoms. The molecule has 2 aromatic rings. The van der Waals surface area contributed by atoms with Crippen molar-refractivity contribution in [2.24, 2.45) is 0 Å². The third-order valence-electron chi connectivity index (χ3n) is 7.49. The molecule has 6 rings (SSSR count). The van der Waals surface area contributed by atoms with E-state index < -0.39 is 17.9 Å². The zero-order chi connectivity index (χ0) is 25.6. The van der Waals surface area contributed by atoms with Gasteiger partial charge in [-0.2, -0.15) is 11.3 Å². The van der Waals surface area contributed by atoms with Gasteiger partial charge in [0, 0.05) is 44.1 Å². The minimum absolute atomic E-state index is 0.202. The third-order valence-corrected chi connectivity index (χ3v) is 9.09. The van der Waals surface area contributed by atoms with Gasteiger partial charge in [0.1, 0.15) is 24.4 Å². The summed E-state index contributed by atoms with van der Waals surface area (Å²) >= 11 is 3.61. The van der Waals surface area contributed by atoms with Crippen molar-refractivity contribution < 1.29 is 28.4 Å². The first-order chi connectivity index (χ1) is 17.7. The Kier molecular flexibility index (Phi) is 7.52. The number of thiophene rings is 2. The van der Waals surface area contributed by atoms with E-state index in [0.29, 0.717) is 13.2 Å². The van der Waals surface area contributed by atoms with Crippen molar-refractivity contribution in [3.63, 3.8) is 0 Å². The summed E-state index contributed by atoms with van der Waals surface area (Å²) < 4.78 is 36.8. The molecule has 0 amide bonds. The molecule has 0 N–H and O–H groups in total. The molecule has 0 aliphatic carbocycles. The quantitative estimate of drug-likeness (QED) is 0.489. The SMILES string of the molecule is CC1(C)OCC([C@H]2O[C@H](OCCN3CCN(Cc4cc(-c5ccsc5)cs4)CC3)[C@H]3OC(C)(C)O[C@H]32)O1. The summed E-state index contributed by atoms with van der Waals surface area (Å²) in [4.78, 5) is 6.45. The van der Waals surface area contributed by atoms with E-state index in [2.05, 4.69) is 38.1 Å². The van der Waals surface area contributed by atoms with Gasteiger partial charge in [0.25, 0.3) is 0 Å². The molecule has 0 saturated carbocycles. The Balaban J connectivity index is 0.958. The number of rotatable bonds is 8. The second kappa shape index (κ2) is 10.6. The molecule has 4 aliphatic rings. The van der Waals surface area contributed by atoms with Gasteiger partial charge in [-0.15, -0.1) is 11.3 Å². The Morgan fingerprint density at radius 3 is 2.43 bits per heavy atom. The zero-order valence-electron chi connectivity index (χ0n) is 22.1. The highest BCUT2D eigenvalue weighted by molar-refractivity contribution is 7.10. The first kappa shape index (κ1) is 26.3. The van der Waals surface area contributed by atoms with E-state index in [1.54, 1.807) is 11.3 Å². The van der Waals surface area contributed by atoms with Crippen LogP contribution in [0.15, 0.2) is 28.3 Å². The monoisotopic (exact) mass is 550 g/mol. The molecule has 0 bridgehead atoms. The largest absolute Gasteiger partial charge is 0.349 e. The van der Waals surface area contributed by atoms with E-state index in [1.807, 2.05) is 39.0 Å². The summed E-state index contributed by atoms with van der Waals surface area (Å²) in [6, 6.07) is 4.54. The predicted octanol–water partition coefficient (Wildman–Crippen LogP) is 4.01. The molecule has 6 heterocycles. The lowest BCUT2D eigenvalue weighted by atomic mass is 10.1. The van der Waals surface area contributed by atoms with Crippen LogP contribution in [0.1, 0.15) is 32.6 Å². The van der Waals surface area contributed by atoms with Crippen LogP contribution in [0.4, 0.5) is 0 Å². The lowest BCUT2D eigenvalue weighted by molar-refractivity contribution is -0.248. The topological polar surface area (TPSA) is 61.9 Å². The Morgan fingerprint density at radius 1 is 0.919 bits per heavy atom. The van der Waals surface area contributed by atoms with Gasteiger partial charge in [-0.3, -0.25) is 9.80 Å². The van der Waals surface area contributed by atoms with Crippen LogP contribution in [-0.4, -0.2) is 98.0 Å². The molecule has 4 fully saturated rings. The van der Waals surface area contributed by atoms with Crippen LogP contribution >= 0.6 is 22.7 Å². The molecule has 4 aliphatic heterocycles. The van der Waals surface area contributed by atoms with Gasteiger partial charge in [-0.25, -0.2) is 0 Å². The lowest BCUT2D eigenvalue weighted by Crippen LogP contribution is -2.47. The van der Waals surface area contributed by atoms with Gasteiger partial charge < -0.3 is 28.4 Å². The molecule has 5 atom stereocenters. The first-order valence-electron chi connectivity index (χ1n) is 13.2. The number of piperazine rings is 1. The summed E-state index contributed by atoms with van der Waals surface area (Å²) in [6.45, 7) is 14.9. The second-order valence-corrected chi connectivity index (χ2v) is 13.0. The van der Waals surface area contributed by atoms with Crippen LogP contribution < -0.4 is 0 Å². The van der Waals surface area contributed by atoms with Crippen molar-refractivity contribution in [2.75, 3.05) is 45.9 Å². The first-order valence-corrected chi connectivity index (χ1v) is 15.1. The summed E-state index contributed by atoms with van der Waals surface area (Å²) in [5.41, 5.74) is 2.67. The van der Waals surface area contributed by atoms with E-state index in [9.17, 15) is 0 Å². The molecule has 0 radical (unpaired) electrons. The molecule has 0 aromatic carbocycles. The minimum Gasteiger partial charge on any atom is -0.349 e. The Hall–Kier alpha value is -0.920. The maximum Gasteiger partial charge on any atom is 0.187 e. The van der Waals surface area contributed by atoms with E-state index in [4.69, 9.17) is 28.4 Å². The van der Waals surface area contributed by atoms with Crippen LogP contribution in [0, 0.1) is 0 Å². The molecule has 204 valence electrons. The normalized spacial score (nSPS) is 33.8. The zero-order valence-corrected chi connectivity index (χ0v) is 23.7. The third kappa shape index (κ3) is 5.99. The number of ether oxygens (including phenoxy) is 6. The van der Waals surface area contributed by atoms with Crippen molar-refractivity contribution in [2.45, 2.75) is 76.5 Å². The summed E-state index contributed by atoms with van der Waals surface area (Å²) in [6.07, 6.45) is -1.45. The fourth-order valence-electron chi connectivity index (χ4n) is 5.64. The van der Waals surface area contributed by atoms with Gasteiger partial charge in [0.15, 0.2) is 17.9 Å². The summed E-state index contributed by atoms with van der Waals surface area (Å²) in [5.74, 6) is -1.28. The van der Waals surface area contributed by atoms with Crippen LogP contribution in [0.5, 0.6) is 0 Å². The summed E-state index contributed by atoms with van der Waals surface area (Å²) in [5, 5.41) is 6.63. The minimum atomic E-state index is -0.669. The molecule has 1 unspecified atom stereocenters. The maximum absolute atomic E-state index is 6.30. The molecule has 2 aromatic heterocycles. The molecule has 4 saturated heterocycles. The van der Waals surface area contributed by atoms with Gasteiger partial charge >= 0.3 is 0 Å². The molecule has 0 spiro atoms. The van der Waals surface area contributed by atoms with Crippen molar-refractivity contribution in [3.05, 3.63) is 33.2 Å².